The normalized spacial score (nSPS) is 14.2. The first kappa shape index (κ1) is 29.8. The summed E-state index contributed by atoms with van der Waals surface area (Å²) >= 11 is 0. The topological polar surface area (TPSA) is 121 Å². The zero-order chi connectivity index (χ0) is 28.2. The standard InChI is InChI=1S/C31H41N5O3/c1-22(2)29(35-31(39)36(3)21-25-16-10-11-17-33-25)30(38)34-26(18-23-12-6-4-7-13-23)20-28(37)27(32)19-24-14-8-5-9-15-24/h4-17,22,26-29,37H,18-21,32H2,1-3H3,(H,34,38)(H,35,39)/t26-,27-,28-,29-/m0/s1. The molecule has 1 heterocycles. The lowest BCUT2D eigenvalue weighted by Gasteiger charge is -2.29. The summed E-state index contributed by atoms with van der Waals surface area (Å²) in [4.78, 5) is 32.2. The van der Waals surface area contributed by atoms with Crippen LogP contribution in [-0.4, -0.2) is 58.2 Å². The summed E-state index contributed by atoms with van der Waals surface area (Å²) in [5.41, 5.74) is 9.20. The lowest BCUT2D eigenvalue weighted by molar-refractivity contribution is -0.124. The summed E-state index contributed by atoms with van der Waals surface area (Å²) in [6.07, 6.45) is 2.20. The lowest BCUT2D eigenvalue weighted by Crippen LogP contribution is -2.55. The maximum atomic E-state index is 13.5. The smallest absolute Gasteiger partial charge is 0.318 e. The van der Waals surface area contributed by atoms with Gasteiger partial charge in [0.05, 0.1) is 18.3 Å². The fourth-order valence-electron chi connectivity index (χ4n) is 4.46. The fourth-order valence-corrected chi connectivity index (χ4v) is 4.46. The van der Waals surface area contributed by atoms with Crippen molar-refractivity contribution in [3.63, 3.8) is 0 Å². The summed E-state index contributed by atoms with van der Waals surface area (Å²) < 4.78 is 0. The number of hydrogen-bond donors (Lipinski definition) is 4. The Kier molecular flexibility index (Phi) is 11.5. The highest BCUT2D eigenvalue weighted by atomic mass is 16.3. The maximum absolute atomic E-state index is 13.5. The van der Waals surface area contributed by atoms with E-state index in [1.165, 1.54) is 4.90 Å². The van der Waals surface area contributed by atoms with Gasteiger partial charge in [-0.15, -0.1) is 0 Å². The number of urea groups is 1. The average Bonchev–Trinajstić information content (AvgIpc) is 2.92. The van der Waals surface area contributed by atoms with Crippen molar-refractivity contribution in [3.8, 4) is 0 Å². The van der Waals surface area contributed by atoms with Gasteiger partial charge in [0.2, 0.25) is 5.91 Å². The van der Waals surface area contributed by atoms with Gasteiger partial charge in [-0.1, -0.05) is 80.6 Å². The molecule has 0 aliphatic rings. The molecule has 3 aromatic rings. The predicted octanol–water partition coefficient (Wildman–Crippen LogP) is 3.30. The van der Waals surface area contributed by atoms with Crippen molar-refractivity contribution < 1.29 is 14.7 Å². The molecule has 0 saturated heterocycles. The Labute approximate surface area is 231 Å². The number of aliphatic hydroxyl groups is 1. The van der Waals surface area contributed by atoms with Gasteiger partial charge < -0.3 is 26.4 Å². The molecule has 4 atom stereocenters. The molecule has 8 heteroatoms. The van der Waals surface area contributed by atoms with E-state index in [1.54, 1.807) is 13.2 Å². The fraction of sp³-hybridized carbons (Fsp3) is 0.387. The molecule has 3 amide bonds. The van der Waals surface area contributed by atoms with Crippen LogP contribution in [0, 0.1) is 5.92 Å². The quantitative estimate of drug-likeness (QED) is 0.270. The number of carbonyl (C=O) groups excluding carboxylic acids is 2. The zero-order valence-electron chi connectivity index (χ0n) is 23.0. The van der Waals surface area contributed by atoms with Gasteiger partial charge in [-0.25, -0.2) is 4.79 Å². The van der Waals surface area contributed by atoms with Crippen LogP contribution in [-0.2, 0) is 24.2 Å². The molecule has 0 bridgehead atoms. The SMILES string of the molecule is CC(C)[C@H](NC(=O)N(C)Cc1ccccn1)C(=O)N[C@@H](Cc1ccccc1)C[C@H](O)[C@@H](N)Cc1ccccc1. The first-order valence-corrected chi connectivity index (χ1v) is 13.5. The maximum Gasteiger partial charge on any atom is 0.318 e. The molecule has 0 aliphatic heterocycles. The van der Waals surface area contributed by atoms with Gasteiger partial charge in [0.1, 0.15) is 6.04 Å². The molecule has 2 aromatic carbocycles. The molecule has 0 spiro atoms. The number of nitrogens with one attached hydrogen (secondary N) is 2. The third-order valence-electron chi connectivity index (χ3n) is 6.71. The number of hydrogen-bond acceptors (Lipinski definition) is 5. The second-order valence-electron chi connectivity index (χ2n) is 10.4. The molecule has 8 nitrogen and oxygen atoms in total. The van der Waals surface area contributed by atoms with Crippen molar-refractivity contribution in [1.82, 2.24) is 20.5 Å². The van der Waals surface area contributed by atoms with Crippen molar-refractivity contribution >= 4 is 11.9 Å². The summed E-state index contributed by atoms with van der Waals surface area (Å²) in [5, 5.41) is 17.0. The van der Waals surface area contributed by atoms with Crippen LogP contribution in [0.3, 0.4) is 0 Å². The molecule has 0 unspecified atom stereocenters. The lowest BCUT2D eigenvalue weighted by atomic mass is 9.93. The summed E-state index contributed by atoms with van der Waals surface area (Å²) in [7, 11) is 1.67. The number of rotatable bonds is 13. The molecule has 0 saturated carbocycles. The van der Waals surface area contributed by atoms with Crippen LogP contribution >= 0.6 is 0 Å². The largest absolute Gasteiger partial charge is 0.391 e. The van der Waals surface area contributed by atoms with E-state index in [4.69, 9.17) is 5.73 Å². The van der Waals surface area contributed by atoms with Crippen LogP contribution < -0.4 is 16.4 Å². The molecule has 1 aromatic heterocycles. The number of pyridine rings is 1. The van der Waals surface area contributed by atoms with E-state index in [2.05, 4.69) is 15.6 Å². The third kappa shape index (κ3) is 9.81. The van der Waals surface area contributed by atoms with Crippen LogP contribution in [0.5, 0.6) is 0 Å². The van der Waals surface area contributed by atoms with Crippen molar-refractivity contribution in [1.29, 1.82) is 0 Å². The molecular formula is C31H41N5O3. The highest BCUT2D eigenvalue weighted by Gasteiger charge is 2.29. The Morgan fingerprint density at radius 2 is 1.49 bits per heavy atom. The summed E-state index contributed by atoms with van der Waals surface area (Å²) in [6.45, 7) is 4.10. The van der Waals surface area contributed by atoms with E-state index < -0.39 is 18.2 Å². The number of nitrogens with zero attached hydrogens (tertiary/aromatic N) is 2. The third-order valence-corrected chi connectivity index (χ3v) is 6.71. The van der Waals surface area contributed by atoms with Gasteiger partial charge in [-0.05, 0) is 48.4 Å². The number of aromatic nitrogens is 1. The second-order valence-corrected chi connectivity index (χ2v) is 10.4. The van der Waals surface area contributed by atoms with Gasteiger partial charge in [0, 0.05) is 25.3 Å². The minimum Gasteiger partial charge on any atom is -0.391 e. The van der Waals surface area contributed by atoms with Crippen molar-refractivity contribution in [2.75, 3.05) is 7.05 Å². The Morgan fingerprint density at radius 3 is 2.05 bits per heavy atom. The number of benzene rings is 2. The molecule has 0 radical (unpaired) electrons. The first-order chi connectivity index (χ1) is 18.7. The molecule has 3 rings (SSSR count). The monoisotopic (exact) mass is 531 g/mol. The molecule has 39 heavy (non-hydrogen) atoms. The van der Waals surface area contributed by atoms with Crippen molar-refractivity contribution in [2.45, 2.75) is 63.9 Å². The zero-order valence-corrected chi connectivity index (χ0v) is 23.0. The van der Waals surface area contributed by atoms with Crippen LogP contribution in [0.25, 0.3) is 0 Å². The summed E-state index contributed by atoms with van der Waals surface area (Å²) in [6, 6.07) is 23.2. The van der Waals surface area contributed by atoms with E-state index >= 15 is 0 Å². The van der Waals surface area contributed by atoms with E-state index in [9.17, 15) is 14.7 Å². The van der Waals surface area contributed by atoms with E-state index in [-0.39, 0.29) is 30.3 Å². The second kappa shape index (κ2) is 15.0. The number of carbonyl (C=O) groups is 2. The molecule has 0 fully saturated rings. The molecule has 0 aliphatic carbocycles. The van der Waals surface area contributed by atoms with Crippen LogP contribution in [0.4, 0.5) is 4.79 Å². The van der Waals surface area contributed by atoms with Gasteiger partial charge >= 0.3 is 6.03 Å². The Bertz CT molecular complexity index is 1140. The van der Waals surface area contributed by atoms with E-state index in [0.29, 0.717) is 19.4 Å². The van der Waals surface area contributed by atoms with Crippen molar-refractivity contribution in [2.24, 2.45) is 11.7 Å². The van der Waals surface area contributed by atoms with Crippen LogP contribution in [0.2, 0.25) is 0 Å². The highest BCUT2D eigenvalue weighted by Crippen LogP contribution is 2.14. The van der Waals surface area contributed by atoms with E-state index in [1.807, 2.05) is 92.7 Å². The minimum absolute atomic E-state index is 0.153. The van der Waals surface area contributed by atoms with Gasteiger partial charge in [-0.2, -0.15) is 0 Å². The number of aliphatic hydroxyl groups excluding tert-OH is 1. The Balaban J connectivity index is 1.67. The predicted molar refractivity (Wildman–Crippen MR) is 154 cm³/mol. The Hall–Kier alpha value is -3.75. The molecule has 208 valence electrons. The minimum atomic E-state index is -0.823. The highest BCUT2D eigenvalue weighted by molar-refractivity contribution is 5.87. The van der Waals surface area contributed by atoms with Crippen molar-refractivity contribution in [3.05, 3.63) is 102 Å². The van der Waals surface area contributed by atoms with Gasteiger partial charge in [-0.3, -0.25) is 9.78 Å². The van der Waals surface area contributed by atoms with E-state index in [0.717, 1.165) is 16.8 Å². The number of amides is 3. The molecular weight excluding hydrogens is 490 g/mol. The van der Waals surface area contributed by atoms with Crippen LogP contribution in [0.1, 0.15) is 37.1 Å². The van der Waals surface area contributed by atoms with Crippen LogP contribution in [0.15, 0.2) is 85.1 Å². The van der Waals surface area contributed by atoms with Gasteiger partial charge in [0.15, 0.2) is 0 Å². The first-order valence-electron chi connectivity index (χ1n) is 13.5. The average molecular weight is 532 g/mol. The number of nitrogens with two attached hydrogens (primary N) is 1. The summed E-state index contributed by atoms with van der Waals surface area (Å²) in [5.74, 6) is -0.450. The molecule has 5 N–H and O–H groups in total. The van der Waals surface area contributed by atoms with Gasteiger partial charge in [0.25, 0.3) is 0 Å². The Morgan fingerprint density at radius 1 is 0.897 bits per heavy atom.